The van der Waals surface area contributed by atoms with Gasteiger partial charge in [-0.15, -0.1) is 0 Å². The van der Waals surface area contributed by atoms with Gasteiger partial charge in [0.2, 0.25) is 0 Å². The minimum Gasteiger partial charge on any atom is -0.490 e. The van der Waals surface area contributed by atoms with Gasteiger partial charge in [-0.25, -0.2) is 4.39 Å². The molecule has 1 fully saturated rings. The van der Waals surface area contributed by atoms with Gasteiger partial charge in [0, 0.05) is 0 Å². The Balaban J connectivity index is 0.000000545. The maximum atomic E-state index is 14.1. The zero-order valence-electron chi connectivity index (χ0n) is 14.3. The molecule has 0 atom stereocenters. The first-order valence-corrected chi connectivity index (χ1v) is 8.13. The molecule has 0 saturated carbocycles. The van der Waals surface area contributed by atoms with Crippen molar-refractivity contribution in [2.24, 2.45) is 0 Å². The Morgan fingerprint density at radius 2 is 2.00 bits per heavy atom. The zero-order chi connectivity index (χ0) is 16.3. The largest absolute Gasteiger partial charge is 0.494 e. The summed E-state index contributed by atoms with van der Waals surface area (Å²) in [4.78, 5) is 0. The first kappa shape index (κ1) is 17.3. The van der Waals surface area contributed by atoms with Crippen molar-refractivity contribution in [3.8, 4) is 5.75 Å². The van der Waals surface area contributed by atoms with Crippen LogP contribution in [0, 0.1) is 12.7 Å². The van der Waals surface area contributed by atoms with Crippen LogP contribution in [0.2, 0.25) is 0 Å². The van der Waals surface area contributed by atoms with Gasteiger partial charge in [-0.1, -0.05) is 20.3 Å². The molecule has 3 nitrogen and oxygen atoms in total. The van der Waals surface area contributed by atoms with Gasteiger partial charge in [0.1, 0.15) is 0 Å². The van der Waals surface area contributed by atoms with E-state index in [0.717, 1.165) is 29.4 Å². The van der Waals surface area contributed by atoms with Gasteiger partial charge in [0.25, 0.3) is 0 Å². The van der Waals surface area contributed by atoms with Crippen molar-refractivity contribution in [2.45, 2.75) is 59.5 Å². The molecule has 22 heavy (non-hydrogen) atoms. The summed E-state index contributed by atoms with van der Waals surface area (Å²) in [6.45, 7) is 11.3. The predicted molar refractivity (Wildman–Crippen MR) is 87.4 cm³/mol. The van der Waals surface area contributed by atoms with E-state index in [1.807, 2.05) is 20.8 Å². The molecule has 1 saturated heterocycles. The van der Waals surface area contributed by atoms with E-state index in [4.69, 9.17) is 14.0 Å². The molecular formula is C17H26BFO3. The van der Waals surface area contributed by atoms with Crippen LogP contribution in [0.25, 0.3) is 0 Å². The monoisotopic (exact) mass is 308 g/mol. The van der Waals surface area contributed by atoms with E-state index in [1.54, 1.807) is 0 Å². The molecule has 1 aromatic rings. The van der Waals surface area contributed by atoms with Gasteiger partial charge in [0.05, 0.1) is 18.8 Å². The standard InChI is InChI=1S/C14H18BFO3.C3H8/c1-9-10-5-4-6-17-13(10)12(16)7-11(9)15-18-8-14(2,3)19-15;1-3-2/h7H,4-6,8H2,1-3H3;3H2,1-2H3. The van der Waals surface area contributed by atoms with E-state index >= 15 is 0 Å². The van der Waals surface area contributed by atoms with Crippen molar-refractivity contribution < 1.29 is 18.4 Å². The summed E-state index contributed by atoms with van der Waals surface area (Å²) in [7, 11) is -0.475. The van der Waals surface area contributed by atoms with E-state index in [9.17, 15) is 4.39 Å². The Morgan fingerprint density at radius 3 is 2.59 bits per heavy atom. The SMILES string of the molecule is CCC.Cc1c(B2OCC(C)(C)O2)cc(F)c2c1CCCO2. The lowest BCUT2D eigenvalue weighted by atomic mass is 9.74. The summed E-state index contributed by atoms with van der Waals surface area (Å²) in [6, 6.07) is 1.49. The van der Waals surface area contributed by atoms with Crippen molar-refractivity contribution in [1.82, 2.24) is 0 Å². The Kier molecular flexibility index (Phi) is 5.51. The van der Waals surface area contributed by atoms with Crippen LogP contribution in [0.1, 0.15) is 51.7 Å². The van der Waals surface area contributed by atoms with E-state index in [0.29, 0.717) is 19.0 Å². The number of hydrogen-bond acceptors (Lipinski definition) is 3. The quantitative estimate of drug-likeness (QED) is 0.744. The van der Waals surface area contributed by atoms with Crippen molar-refractivity contribution in [3.05, 3.63) is 23.0 Å². The molecule has 0 aliphatic carbocycles. The van der Waals surface area contributed by atoms with E-state index in [-0.39, 0.29) is 11.4 Å². The molecule has 0 amide bonds. The number of hydrogen-bond donors (Lipinski definition) is 0. The topological polar surface area (TPSA) is 27.7 Å². The lowest BCUT2D eigenvalue weighted by Gasteiger charge is -2.23. The van der Waals surface area contributed by atoms with Crippen LogP contribution in [-0.2, 0) is 15.7 Å². The van der Waals surface area contributed by atoms with E-state index < -0.39 is 7.12 Å². The molecular weight excluding hydrogens is 282 g/mol. The van der Waals surface area contributed by atoms with Crippen molar-refractivity contribution in [1.29, 1.82) is 0 Å². The van der Waals surface area contributed by atoms with Crippen LogP contribution in [0.3, 0.4) is 0 Å². The van der Waals surface area contributed by atoms with Crippen LogP contribution in [0.15, 0.2) is 6.07 Å². The normalized spacial score (nSPS) is 19.1. The molecule has 5 heteroatoms. The molecule has 0 N–H and O–H groups in total. The first-order chi connectivity index (χ1) is 10.4. The summed E-state index contributed by atoms with van der Waals surface area (Å²) < 4.78 is 31.0. The minimum absolute atomic E-state index is 0.313. The highest BCUT2D eigenvalue weighted by atomic mass is 19.1. The molecule has 0 unspecified atom stereocenters. The Bertz CT molecular complexity index is 531. The fourth-order valence-corrected chi connectivity index (χ4v) is 2.71. The Morgan fingerprint density at radius 1 is 1.32 bits per heavy atom. The second kappa shape index (κ2) is 7.01. The highest BCUT2D eigenvalue weighted by molar-refractivity contribution is 6.62. The average Bonchev–Trinajstić information content (AvgIpc) is 2.84. The number of benzene rings is 1. The maximum Gasteiger partial charge on any atom is 0.494 e. The van der Waals surface area contributed by atoms with Crippen LogP contribution >= 0.6 is 0 Å². The molecule has 0 aromatic heterocycles. The highest BCUT2D eigenvalue weighted by Crippen LogP contribution is 2.31. The van der Waals surface area contributed by atoms with Crippen LogP contribution in [0.4, 0.5) is 4.39 Å². The van der Waals surface area contributed by atoms with Gasteiger partial charge in [-0.05, 0) is 56.3 Å². The molecule has 0 radical (unpaired) electrons. The third-order valence-corrected chi connectivity index (χ3v) is 3.74. The second-order valence-corrected chi connectivity index (χ2v) is 6.56. The van der Waals surface area contributed by atoms with Crippen LogP contribution in [-0.4, -0.2) is 25.9 Å². The van der Waals surface area contributed by atoms with Gasteiger partial charge < -0.3 is 14.0 Å². The molecule has 1 aromatic carbocycles. The molecule has 0 bridgehead atoms. The third-order valence-electron chi connectivity index (χ3n) is 3.74. The highest BCUT2D eigenvalue weighted by Gasteiger charge is 2.40. The fraction of sp³-hybridized carbons (Fsp3) is 0.647. The third kappa shape index (κ3) is 3.63. The molecule has 2 aliphatic heterocycles. The van der Waals surface area contributed by atoms with Crippen molar-refractivity contribution >= 4 is 12.6 Å². The van der Waals surface area contributed by atoms with Crippen LogP contribution < -0.4 is 10.2 Å². The summed E-state index contributed by atoms with van der Waals surface area (Å²) in [5.74, 6) is 0.0944. The lowest BCUT2D eigenvalue weighted by Crippen LogP contribution is -2.37. The zero-order valence-corrected chi connectivity index (χ0v) is 14.3. The summed E-state index contributed by atoms with van der Waals surface area (Å²) in [6.07, 6.45) is 3.02. The van der Waals surface area contributed by atoms with Gasteiger partial charge in [-0.2, -0.15) is 0 Å². The molecule has 2 heterocycles. The second-order valence-electron chi connectivity index (χ2n) is 6.56. The van der Waals surface area contributed by atoms with Gasteiger partial charge >= 0.3 is 7.12 Å². The Hall–Kier alpha value is -1.07. The fourth-order valence-electron chi connectivity index (χ4n) is 2.71. The van der Waals surface area contributed by atoms with Crippen molar-refractivity contribution in [3.63, 3.8) is 0 Å². The first-order valence-electron chi connectivity index (χ1n) is 8.13. The maximum absolute atomic E-state index is 14.1. The summed E-state index contributed by atoms with van der Waals surface area (Å²) in [5.41, 5.74) is 2.45. The summed E-state index contributed by atoms with van der Waals surface area (Å²) >= 11 is 0. The van der Waals surface area contributed by atoms with Crippen molar-refractivity contribution in [2.75, 3.05) is 13.2 Å². The lowest BCUT2D eigenvalue weighted by molar-refractivity contribution is 0.137. The smallest absolute Gasteiger partial charge is 0.490 e. The Labute approximate surface area is 133 Å². The number of fused-ring (bicyclic) bond motifs is 1. The number of rotatable bonds is 1. The predicted octanol–water partition coefficient (Wildman–Crippen LogP) is 3.40. The van der Waals surface area contributed by atoms with E-state index in [1.165, 1.54) is 12.5 Å². The number of ether oxygens (including phenoxy) is 1. The molecule has 2 aliphatic rings. The van der Waals surface area contributed by atoms with Gasteiger partial charge in [0.15, 0.2) is 11.6 Å². The number of halogens is 1. The van der Waals surface area contributed by atoms with Gasteiger partial charge in [-0.3, -0.25) is 0 Å². The molecule has 3 rings (SSSR count). The molecule has 0 spiro atoms. The van der Waals surface area contributed by atoms with E-state index in [2.05, 4.69) is 13.8 Å². The minimum atomic E-state index is -0.475. The summed E-state index contributed by atoms with van der Waals surface area (Å²) in [5, 5.41) is 0. The van der Waals surface area contributed by atoms with Crippen LogP contribution in [0.5, 0.6) is 5.75 Å². The molecule has 122 valence electrons. The average molecular weight is 308 g/mol.